The van der Waals surface area contributed by atoms with Crippen LogP contribution in [0.5, 0.6) is 0 Å². The quantitative estimate of drug-likeness (QED) is 0.459. The van der Waals surface area contributed by atoms with Gasteiger partial charge in [-0.3, -0.25) is 0 Å². The van der Waals surface area contributed by atoms with Crippen molar-refractivity contribution in [3.8, 4) is 0 Å². The van der Waals surface area contributed by atoms with Crippen LogP contribution in [0.4, 0.5) is 0 Å². The molecule has 0 saturated heterocycles. The minimum Gasteiger partial charge on any atom is -0.0993 e. The van der Waals surface area contributed by atoms with Gasteiger partial charge in [0, 0.05) is 0 Å². The molecular weight excluding hydrogens is 215 g/mol. The molecule has 1 fully saturated rings. The van der Waals surface area contributed by atoms with Gasteiger partial charge < -0.3 is 0 Å². The zero-order valence-electron chi connectivity index (χ0n) is 13.3. The summed E-state index contributed by atoms with van der Waals surface area (Å²) in [5.74, 6) is 3.41. The number of hydrogen-bond acceptors (Lipinski definition) is 0. The van der Waals surface area contributed by atoms with Crippen LogP contribution in [0, 0.1) is 29.6 Å². The van der Waals surface area contributed by atoms with Crippen molar-refractivity contribution in [3.05, 3.63) is 12.2 Å². The van der Waals surface area contributed by atoms with Gasteiger partial charge in [-0.2, -0.15) is 0 Å². The van der Waals surface area contributed by atoms with Gasteiger partial charge in [-0.25, -0.2) is 0 Å². The highest BCUT2D eigenvalue weighted by molar-refractivity contribution is 6.15. The maximum absolute atomic E-state index is 6.42. The van der Waals surface area contributed by atoms with Crippen molar-refractivity contribution < 1.29 is 0 Å². The van der Waals surface area contributed by atoms with E-state index in [-0.39, 0.29) is 5.31 Å². The van der Waals surface area contributed by atoms with Gasteiger partial charge in [0.1, 0.15) is 0 Å². The third-order valence-electron chi connectivity index (χ3n) is 5.34. The molecule has 2 radical (unpaired) electrons. The standard InChI is InChI=1S/C17H31B/c1-8-12(4)15-9-17(7,18)10-16(15)14(6)13(5)11(2)3/h11-13,15-16H,6,8-10H2,1-5,7H3. The molecule has 102 valence electrons. The lowest BCUT2D eigenvalue weighted by molar-refractivity contribution is 0.276. The van der Waals surface area contributed by atoms with Crippen LogP contribution in [-0.2, 0) is 0 Å². The van der Waals surface area contributed by atoms with Crippen LogP contribution in [0.1, 0.15) is 60.8 Å². The molecular formula is C17H31B. The van der Waals surface area contributed by atoms with Gasteiger partial charge in [0.2, 0.25) is 0 Å². The Hall–Kier alpha value is -0.195. The fourth-order valence-corrected chi connectivity index (χ4v) is 3.49. The Morgan fingerprint density at radius 2 is 1.83 bits per heavy atom. The summed E-state index contributed by atoms with van der Waals surface area (Å²) in [5.41, 5.74) is 1.45. The van der Waals surface area contributed by atoms with E-state index in [1.807, 2.05) is 0 Å². The minimum atomic E-state index is 0.0123. The summed E-state index contributed by atoms with van der Waals surface area (Å²) in [5, 5.41) is 0.0123. The highest BCUT2D eigenvalue weighted by Crippen LogP contribution is 2.55. The Bertz CT molecular complexity index is 290. The maximum atomic E-state index is 6.42. The number of rotatable bonds is 5. The van der Waals surface area contributed by atoms with Crippen molar-refractivity contribution in [2.75, 3.05) is 0 Å². The zero-order valence-corrected chi connectivity index (χ0v) is 13.3. The summed E-state index contributed by atoms with van der Waals surface area (Å²) in [7, 11) is 6.42. The summed E-state index contributed by atoms with van der Waals surface area (Å²) in [6.45, 7) is 18.2. The van der Waals surface area contributed by atoms with Gasteiger partial charge in [0.15, 0.2) is 0 Å². The summed E-state index contributed by atoms with van der Waals surface area (Å²) in [6.07, 6.45) is 3.54. The first kappa shape index (κ1) is 15.9. The monoisotopic (exact) mass is 246 g/mol. The van der Waals surface area contributed by atoms with Crippen molar-refractivity contribution >= 4 is 7.85 Å². The van der Waals surface area contributed by atoms with Crippen LogP contribution in [-0.4, -0.2) is 7.85 Å². The Kier molecular flexibility index (Phi) is 5.15. The van der Waals surface area contributed by atoms with E-state index in [4.69, 9.17) is 7.85 Å². The van der Waals surface area contributed by atoms with Gasteiger partial charge in [0.25, 0.3) is 0 Å². The molecule has 0 amide bonds. The fraction of sp³-hybridized carbons (Fsp3) is 0.882. The highest BCUT2D eigenvalue weighted by atomic mass is 14.5. The zero-order chi connectivity index (χ0) is 14.1. The second-order valence-electron chi connectivity index (χ2n) is 7.33. The van der Waals surface area contributed by atoms with E-state index < -0.39 is 0 Å². The third-order valence-corrected chi connectivity index (χ3v) is 5.34. The van der Waals surface area contributed by atoms with Gasteiger partial charge in [-0.05, 0) is 36.0 Å². The van der Waals surface area contributed by atoms with Crippen molar-refractivity contribution in [2.45, 2.75) is 66.1 Å². The molecule has 5 atom stereocenters. The Balaban J connectivity index is 2.87. The molecule has 0 aromatic rings. The molecule has 1 heteroatoms. The lowest BCUT2D eigenvalue weighted by Gasteiger charge is -2.31. The van der Waals surface area contributed by atoms with Crippen LogP contribution in [0.3, 0.4) is 0 Å². The fourth-order valence-electron chi connectivity index (χ4n) is 3.49. The van der Waals surface area contributed by atoms with Crippen molar-refractivity contribution in [1.29, 1.82) is 0 Å². The predicted octanol–water partition coefficient (Wildman–Crippen LogP) is 5.25. The largest absolute Gasteiger partial charge is 0.0993 e. The molecule has 0 aromatic carbocycles. The third kappa shape index (κ3) is 3.42. The predicted molar refractivity (Wildman–Crippen MR) is 82.9 cm³/mol. The van der Waals surface area contributed by atoms with E-state index in [1.54, 1.807) is 0 Å². The van der Waals surface area contributed by atoms with E-state index >= 15 is 0 Å². The second-order valence-corrected chi connectivity index (χ2v) is 7.33. The molecule has 18 heavy (non-hydrogen) atoms. The van der Waals surface area contributed by atoms with Crippen LogP contribution in [0.2, 0.25) is 5.31 Å². The Labute approximate surface area is 116 Å². The molecule has 0 aliphatic heterocycles. The summed E-state index contributed by atoms with van der Waals surface area (Å²) < 4.78 is 0. The molecule has 5 unspecified atom stereocenters. The minimum absolute atomic E-state index is 0.0123. The number of hydrogen-bond donors (Lipinski definition) is 0. The Morgan fingerprint density at radius 1 is 1.28 bits per heavy atom. The van der Waals surface area contributed by atoms with Crippen LogP contribution >= 0.6 is 0 Å². The van der Waals surface area contributed by atoms with Gasteiger partial charge >= 0.3 is 0 Å². The van der Waals surface area contributed by atoms with Gasteiger partial charge in [-0.1, -0.05) is 71.9 Å². The maximum Gasteiger partial charge on any atom is 0.0742 e. The molecule has 0 aromatic heterocycles. The second kappa shape index (κ2) is 5.84. The van der Waals surface area contributed by atoms with E-state index in [1.165, 1.54) is 12.0 Å². The van der Waals surface area contributed by atoms with Gasteiger partial charge in [0.05, 0.1) is 7.85 Å². The molecule has 0 N–H and O–H groups in total. The van der Waals surface area contributed by atoms with Crippen LogP contribution in [0.25, 0.3) is 0 Å². The Morgan fingerprint density at radius 3 is 2.28 bits per heavy atom. The molecule has 0 bridgehead atoms. The summed E-state index contributed by atoms with van der Waals surface area (Å²) >= 11 is 0. The van der Waals surface area contributed by atoms with E-state index in [0.717, 1.165) is 24.7 Å². The van der Waals surface area contributed by atoms with E-state index in [9.17, 15) is 0 Å². The first-order valence-electron chi connectivity index (χ1n) is 7.67. The molecule has 0 heterocycles. The molecule has 0 nitrogen and oxygen atoms in total. The average Bonchev–Trinajstić information content (AvgIpc) is 2.62. The van der Waals surface area contributed by atoms with Crippen molar-refractivity contribution in [1.82, 2.24) is 0 Å². The normalized spacial score (nSPS) is 35.7. The van der Waals surface area contributed by atoms with Crippen LogP contribution in [0.15, 0.2) is 12.2 Å². The lowest BCUT2D eigenvalue weighted by atomic mass is 9.68. The highest BCUT2D eigenvalue weighted by Gasteiger charge is 2.42. The van der Waals surface area contributed by atoms with E-state index in [0.29, 0.717) is 17.8 Å². The molecule has 1 rings (SSSR count). The first-order valence-corrected chi connectivity index (χ1v) is 7.67. The van der Waals surface area contributed by atoms with Crippen molar-refractivity contribution in [3.63, 3.8) is 0 Å². The van der Waals surface area contributed by atoms with Crippen molar-refractivity contribution in [2.24, 2.45) is 29.6 Å². The smallest absolute Gasteiger partial charge is 0.0742 e. The summed E-state index contributed by atoms with van der Waals surface area (Å²) in [6, 6.07) is 0. The van der Waals surface area contributed by atoms with Crippen LogP contribution < -0.4 is 0 Å². The SMILES string of the molecule is [B]C1(C)CC(C(=C)C(C)C(C)C)C(C(C)CC)C1. The lowest BCUT2D eigenvalue weighted by Crippen LogP contribution is -2.22. The van der Waals surface area contributed by atoms with E-state index in [2.05, 4.69) is 48.1 Å². The number of allylic oxidation sites excluding steroid dienone is 1. The van der Waals surface area contributed by atoms with Gasteiger partial charge in [-0.15, -0.1) is 0 Å². The summed E-state index contributed by atoms with van der Waals surface area (Å²) in [4.78, 5) is 0. The molecule has 1 aliphatic carbocycles. The topological polar surface area (TPSA) is 0 Å². The average molecular weight is 246 g/mol. The molecule has 1 saturated carbocycles. The first-order chi connectivity index (χ1) is 8.19. The molecule has 0 spiro atoms. The molecule has 1 aliphatic rings.